The first-order chi connectivity index (χ1) is 11.0. The maximum atomic E-state index is 11.0. The quantitative estimate of drug-likeness (QED) is 0.804. The van der Waals surface area contributed by atoms with Gasteiger partial charge in [0.2, 0.25) is 0 Å². The molecular weight excluding hydrogens is 378 g/mol. The van der Waals surface area contributed by atoms with Gasteiger partial charge in [-0.2, -0.15) is 0 Å². The number of rotatable bonds is 5. The Morgan fingerprint density at radius 2 is 1.91 bits per heavy atom. The van der Waals surface area contributed by atoms with Gasteiger partial charge in [-0.15, -0.1) is 0 Å². The summed E-state index contributed by atoms with van der Waals surface area (Å²) in [4.78, 5) is 2.05. The zero-order chi connectivity index (χ0) is 16.4. The van der Waals surface area contributed by atoms with Crippen LogP contribution < -0.4 is 4.74 Å². The van der Waals surface area contributed by atoms with Gasteiger partial charge in [-0.25, -0.2) is 0 Å². The van der Waals surface area contributed by atoms with Gasteiger partial charge in [0.1, 0.15) is 18.1 Å². The van der Waals surface area contributed by atoms with Crippen LogP contribution in [0.1, 0.15) is 24.5 Å². The molecule has 122 valence electrons. The van der Waals surface area contributed by atoms with Crippen molar-refractivity contribution in [3.63, 3.8) is 0 Å². The molecule has 0 aliphatic carbocycles. The summed E-state index contributed by atoms with van der Waals surface area (Å²) in [6.07, 6.45) is 1.12. The zero-order valence-corrected chi connectivity index (χ0v) is 15.3. The molecule has 1 saturated heterocycles. The standard InChI is InChI=1S/C18H19BrClNO2/c1-18(22,21-9-2-10-21)16-11-14(19)5-8-17(16)23-12-13-3-6-15(20)7-4-13/h3-8,11,22H,2,9-10,12H2,1H3. The van der Waals surface area contributed by atoms with Crippen LogP contribution in [0, 0.1) is 0 Å². The van der Waals surface area contributed by atoms with Crippen molar-refractivity contribution in [1.29, 1.82) is 0 Å². The van der Waals surface area contributed by atoms with Crippen LogP contribution in [0.4, 0.5) is 0 Å². The lowest BCUT2D eigenvalue weighted by Gasteiger charge is -2.43. The number of hydrogen-bond donors (Lipinski definition) is 1. The molecule has 2 aromatic rings. The van der Waals surface area contributed by atoms with Crippen LogP contribution in [0.3, 0.4) is 0 Å². The maximum Gasteiger partial charge on any atom is 0.145 e. The number of likely N-dealkylation sites (tertiary alicyclic amines) is 1. The first kappa shape index (κ1) is 16.8. The van der Waals surface area contributed by atoms with Crippen LogP contribution in [-0.2, 0) is 12.3 Å². The second kappa shape index (κ2) is 6.81. The molecule has 0 saturated carbocycles. The predicted octanol–water partition coefficient (Wildman–Crippen LogP) is 4.55. The number of aliphatic hydroxyl groups is 1. The van der Waals surface area contributed by atoms with E-state index >= 15 is 0 Å². The molecule has 23 heavy (non-hydrogen) atoms. The van der Waals surface area contributed by atoms with Crippen molar-refractivity contribution in [3.8, 4) is 5.75 Å². The molecule has 5 heteroatoms. The van der Waals surface area contributed by atoms with Crippen molar-refractivity contribution < 1.29 is 9.84 Å². The summed E-state index contributed by atoms with van der Waals surface area (Å²) in [7, 11) is 0. The Kier molecular flexibility index (Phi) is 4.97. The van der Waals surface area contributed by atoms with Crippen molar-refractivity contribution in [1.82, 2.24) is 4.90 Å². The van der Waals surface area contributed by atoms with E-state index in [0.717, 1.165) is 35.1 Å². The second-order valence-corrected chi connectivity index (χ2v) is 7.27. The highest BCUT2D eigenvalue weighted by atomic mass is 79.9. The number of benzene rings is 2. The molecule has 1 heterocycles. The molecule has 3 rings (SSSR count). The van der Waals surface area contributed by atoms with E-state index < -0.39 is 5.72 Å². The van der Waals surface area contributed by atoms with Crippen molar-refractivity contribution in [2.24, 2.45) is 0 Å². The highest BCUT2D eigenvalue weighted by molar-refractivity contribution is 9.10. The lowest BCUT2D eigenvalue weighted by atomic mass is 9.98. The summed E-state index contributed by atoms with van der Waals surface area (Å²) in [6, 6.07) is 13.3. The molecule has 3 nitrogen and oxygen atoms in total. The summed E-state index contributed by atoms with van der Waals surface area (Å²) in [5.74, 6) is 0.694. The van der Waals surface area contributed by atoms with E-state index in [1.165, 1.54) is 0 Å². The minimum absolute atomic E-state index is 0.432. The van der Waals surface area contributed by atoms with E-state index in [2.05, 4.69) is 15.9 Å². The summed E-state index contributed by atoms with van der Waals surface area (Å²) in [6.45, 7) is 4.05. The molecule has 1 atom stereocenters. The summed E-state index contributed by atoms with van der Waals surface area (Å²) in [5.41, 5.74) is 0.782. The van der Waals surface area contributed by atoms with E-state index in [-0.39, 0.29) is 0 Å². The Labute approximate surface area is 150 Å². The third-order valence-electron chi connectivity index (χ3n) is 4.23. The summed E-state index contributed by atoms with van der Waals surface area (Å²) < 4.78 is 6.90. The van der Waals surface area contributed by atoms with Gasteiger partial charge in [0.05, 0.1) is 0 Å². The monoisotopic (exact) mass is 395 g/mol. The molecule has 1 N–H and O–H groups in total. The number of nitrogens with zero attached hydrogens (tertiary/aromatic N) is 1. The van der Waals surface area contributed by atoms with Gasteiger partial charge in [0.25, 0.3) is 0 Å². The Morgan fingerprint density at radius 1 is 1.22 bits per heavy atom. The molecule has 2 aromatic carbocycles. The van der Waals surface area contributed by atoms with Gasteiger partial charge in [-0.3, -0.25) is 4.90 Å². The van der Waals surface area contributed by atoms with Crippen LogP contribution in [0.25, 0.3) is 0 Å². The van der Waals surface area contributed by atoms with Crippen molar-refractivity contribution in [3.05, 3.63) is 63.1 Å². The highest BCUT2D eigenvalue weighted by Crippen LogP contribution is 2.37. The van der Waals surface area contributed by atoms with E-state index in [1.54, 1.807) is 0 Å². The Balaban J connectivity index is 1.82. The normalized spacial score (nSPS) is 17.4. The second-order valence-electron chi connectivity index (χ2n) is 5.92. The average molecular weight is 397 g/mol. The molecule has 0 bridgehead atoms. The fourth-order valence-corrected chi connectivity index (χ4v) is 3.15. The van der Waals surface area contributed by atoms with Crippen LogP contribution in [-0.4, -0.2) is 23.1 Å². The van der Waals surface area contributed by atoms with Gasteiger partial charge in [0, 0.05) is 28.1 Å². The van der Waals surface area contributed by atoms with Gasteiger partial charge in [-0.1, -0.05) is 39.7 Å². The van der Waals surface area contributed by atoms with Crippen molar-refractivity contribution in [2.45, 2.75) is 25.7 Å². The van der Waals surface area contributed by atoms with Crippen LogP contribution >= 0.6 is 27.5 Å². The largest absolute Gasteiger partial charge is 0.488 e. The average Bonchev–Trinajstić information content (AvgIpc) is 2.45. The van der Waals surface area contributed by atoms with E-state index in [9.17, 15) is 5.11 Å². The van der Waals surface area contributed by atoms with E-state index in [0.29, 0.717) is 17.4 Å². The van der Waals surface area contributed by atoms with Gasteiger partial charge in [-0.05, 0) is 49.2 Å². The molecule has 1 aliphatic heterocycles. The fourth-order valence-electron chi connectivity index (χ4n) is 2.66. The van der Waals surface area contributed by atoms with Crippen molar-refractivity contribution in [2.75, 3.05) is 13.1 Å². The topological polar surface area (TPSA) is 32.7 Å². The first-order valence-corrected chi connectivity index (χ1v) is 8.78. The Hall–Kier alpha value is -1.07. The maximum absolute atomic E-state index is 11.0. The zero-order valence-electron chi connectivity index (χ0n) is 12.9. The molecule has 0 radical (unpaired) electrons. The minimum Gasteiger partial charge on any atom is -0.488 e. The summed E-state index contributed by atoms with van der Waals surface area (Å²) in [5, 5.41) is 11.7. The van der Waals surface area contributed by atoms with Crippen LogP contribution in [0.5, 0.6) is 5.75 Å². The third-order valence-corrected chi connectivity index (χ3v) is 4.98. The number of halogens is 2. The molecule has 0 spiro atoms. The minimum atomic E-state index is -1.03. The Morgan fingerprint density at radius 3 is 2.52 bits per heavy atom. The molecule has 1 unspecified atom stereocenters. The molecule has 1 aliphatic rings. The highest BCUT2D eigenvalue weighted by Gasteiger charge is 2.37. The van der Waals surface area contributed by atoms with E-state index in [1.807, 2.05) is 54.3 Å². The van der Waals surface area contributed by atoms with Crippen molar-refractivity contribution >= 4 is 27.5 Å². The summed E-state index contributed by atoms with van der Waals surface area (Å²) >= 11 is 9.39. The Bertz CT molecular complexity index is 684. The van der Waals surface area contributed by atoms with Gasteiger partial charge >= 0.3 is 0 Å². The van der Waals surface area contributed by atoms with Crippen LogP contribution in [0.15, 0.2) is 46.9 Å². The number of ether oxygens (including phenoxy) is 1. The third kappa shape index (κ3) is 3.72. The predicted molar refractivity (Wildman–Crippen MR) is 95.7 cm³/mol. The first-order valence-electron chi connectivity index (χ1n) is 7.61. The fraction of sp³-hybridized carbons (Fsp3) is 0.333. The van der Waals surface area contributed by atoms with Gasteiger partial charge < -0.3 is 9.84 Å². The molecular formula is C18H19BrClNO2. The SMILES string of the molecule is CC(O)(c1cc(Br)ccc1OCc1ccc(Cl)cc1)N1CCC1. The van der Waals surface area contributed by atoms with Crippen LogP contribution in [0.2, 0.25) is 5.02 Å². The lowest BCUT2D eigenvalue weighted by Crippen LogP contribution is -2.51. The number of hydrogen-bond acceptors (Lipinski definition) is 3. The lowest BCUT2D eigenvalue weighted by molar-refractivity contribution is -0.131. The van der Waals surface area contributed by atoms with Gasteiger partial charge in [0.15, 0.2) is 0 Å². The molecule has 0 aromatic heterocycles. The molecule has 0 amide bonds. The smallest absolute Gasteiger partial charge is 0.145 e. The van der Waals surface area contributed by atoms with E-state index in [4.69, 9.17) is 16.3 Å². The molecule has 1 fully saturated rings.